The van der Waals surface area contributed by atoms with E-state index in [4.69, 9.17) is 26.0 Å². The van der Waals surface area contributed by atoms with E-state index < -0.39 is 0 Å². The van der Waals surface area contributed by atoms with Crippen molar-refractivity contribution in [3.8, 4) is 11.1 Å². The van der Waals surface area contributed by atoms with Crippen molar-refractivity contribution in [2.24, 2.45) is 9.98 Å². The zero-order valence-corrected chi connectivity index (χ0v) is 21.1. The molecule has 0 saturated carbocycles. The van der Waals surface area contributed by atoms with E-state index in [1.54, 1.807) is 0 Å². The van der Waals surface area contributed by atoms with Gasteiger partial charge in [-0.15, -0.1) is 0 Å². The van der Waals surface area contributed by atoms with Crippen LogP contribution in [-0.4, -0.2) is 11.7 Å². The number of para-hydroxylation sites is 1. The van der Waals surface area contributed by atoms with Gasteiger partial charge in [-0.3, -0.25) is 0 Å². The molecule has 0 bridgehead atoms. The van der Waals surface area contributed by atoms with E-state index in [0.29, 0.717) is 10.6 Å². The Morgan fingerprint density at radius 1 is 0.605 bits per heavy atom. The smallest absolute Gasteiger partial charge is 0.169 e. The van der Waals surface area contributed by atoms with Crippen molar-refractivity contribution in [1.82, 2.24) is 5.32 Å². The molecule has 0 saturated heterocycles. The van der Waals surface area contributed by atoms with Gasteiger partial charge in [0.05, 0.1) is 5.02 Å². The number of fused-ring (bicyclic) bond motifs is 3. The molecule has 38 heavy (non-hydrogen) atoms. The Kier molecular flexibility index (Phi) is 5.53. The molecule has 5 aromatic carbocycles. The molecular weight excluding hydrogens is 490 g/mol. The maximum absolute atomic E-state index is 6.58. The summed E-state index contributed by atoms with van der Waals surface area (Å²) in [7, 11) is 0. The summed E-state index contributed by atoms with van der Waals surface area (Å²) in [5.41, 5.74) is 6.71. The largest absolute Gasteiger partial charge is 0.454 e. The Morgan fingerprint density at radius 2 is 1.24 bits per heavy atom. The summed E-state index contributed by atoms with van der Waals surface area (Å²) >= 11 is 6.58. The number of hydrogen-bond donors (Lipinski definition) is 1. The van der Waals surface area contributed by atoms with Crippen molar-refractivity contribution in [1.29, 1.82) is 0 Å². The number of hydrogen-bond acceptors (Lipinski definition) is 4. The lowest BCUT2D eigenvalue weighted by Gasteiger charge is -2.23. The molecule has 0 aliphatic carbocycles. The maximum atomic E-state index is 6.58. The van der Waals surface area contributed by atoms with Crippen LogP contribution in [0.1, 0.15) is 22.9 Å². The Morgan fingerprint density at radius 3 is 2.03 bits per heavy atom. The van der Waals surface area contributed by atoms with Crippen LogP contribution in [-0.2, 0) is 0 Å². The first-order valence-electron chi connectivity index (χ1n) is 12.5. The molecule has 4 nitrogen and oxygen atoms in total. The molecule has 7 rings (SSSR count). The van der Waals surface area contributed by atoms with Gasteiger partial charge < -0.3 is 9.73 Å². The summed E-state index contributed by atoms with van der Waals surface area (Å²) in [4.78, 5) is 10.1. The number of amidine groups is 2. The summed E-state index contributed by atoms with van der Waals surface area (Å²) in [6.07, 6.45) is -0.389. The van der Waals surface area contributed by atoms with E-state index in [-0.39, 0.29) is 6.17 Å². The minimum Gasteiger partial charge on any atom is -0.454 e. The van der Waals surface area contributed by atoms with Crippen LogP contribution in [0.2, 0.25) is 5.02 Å². The van der Waals surface area contributed by atoms with Gasteiger partial charge in [-0.05, 0) is 34.9 Å². The van der Waals surface area contributed by atoms with Gasteiger partial charge in [-0.2, -0.15) is 0 Å². The number of benzene rings is 5. The lowest BCUT2D eigenvalue weighted by Crippen LogP contribution is -2.36. The topological polar surface area (TPSA) is 49.9 Å². The highest BCUT2D eigenvalue weighted by atomic mass is 35.5. The van der Waals surface area contributed by atoms with Crippen molar-refractivity contribution >= 4 is 45.2 Å². The van der Waals surface area contributed by atoms with Gasteiger partial charge >= 0.3 is 0 Å². The molecule has 5 heteroatoms. The third kappa shape index (κ3) is 3.96. The van der Waals surface area contributed by atoms with Crippen LogP contribution < -0.4 is 5.32 Å². The number of nitrogens with zero attached hydrogens (tertiary/aromatic N) is 2. The van der Waals surface area contributed by atoms with Gasteiger partial charge in [0.25, 0.3) is 0 Å². The van der Waals surface area contributed by atoms with Gasteiger partial charge in [0.1, 0.15) is 17.3 Å². The molecule has 0 spiro atoms. The SMILES string of the molecule is Clc1ccc(C2=NC(c3ccccc3)N=C(c3ccc(-c4ccccc4)cc3)N2)c2c1oc1ccccc12. The monoisotopic (exact) mass is 511 g/mol. The molecule has 0 fully saturated rings. The number of halogens is 1. The number of rotatable bonds is 4. The van der Waals surface area contributed by atoms with Crippen LogP contribution in [0.4, 0.5) is 0 Å². The molecule has 1 atom stereocenters. The van der Waals surface area contributed by atoms with Crippen molar-refractivity contribution < 1.29 is 4.42 Å². The normalized spacial score (nSPS) is 15.2. The second-order valence-corrected chi connectivity index (χ2v) is 9.61. The first-order valence-corrected chi connectivity index (χ1v) is 12.9. The molecule has 0 amide bonds. The average molecular weight is 512 g/mol. The Balaban J connectivity index is 1.36. The third-order valence-electron chi connectivity index (χ3n) is 6.84. The second-order valence-electron chi connectivity index (χ2n) is 9.21. The molecule has 1 N–H and O–H groups in total. The van der Waals surface area contributed by atoms with Crippen LogP contribution in [0.3, 0.4) is 0 Å². The Hall–Kier alpha value is -4.67. The lowest BCUT2D eigenvalue weighted by molar-refractivity contribution is 0.669. The minimum atomic E-state index is -0.389. The fraction of sp³-hybridized carbons (Fsp3) is 0.0303. The summed E-state index contributed by atoms with van der Waals surface area (Å²) in [6, 6.07) is 40.8. The van der Waals surface area contributed by atoms with Crippen molar-refractivity contribution in [2.45, 2.75) is 6.17 Å². The molecule has 0 radical (unpaired) electrons. The van der Waals surface area contributed by atoms with E-state index in [1.807, 2.05) is 54.6 Å². The zero-order valence-electron chi connectivity index (χ0n) is 20.3. The summed E-state index contributed by atoms with van der Waals surface area (Å²) in [5, 5.41) is 6.03. The van der Waals surface area contributed by atoms with Crippen molar-refractivity contribution in [3.63, 3.8) is 0 Å². The zero-order chi connectivity index (χ0) is 25.5. The van der Waals surface area contributed by atoms with Crippen molar-refractivity contribution in [3.05, 3.63) is 143 Å². The highest BCUT2D eigenvalue weighted by Gasteiger charge is 2.24. The maximum Gasteiger partial charge on any atom is 0.169 e. The third-order valence-corrected chi connectivity index (χ3v) is 7.13. The molecule has 1 unspecified atom stereocenters. The summed E-state index contributed by atoms with van der Waals surface area (Å²) in [6.45, 7) is 0. The Bertz CT molecular complexity index is 1840. The van der Waals surface area contributed by atoms with Gasteiger partial charge in [-0.25, -0.2) is 9.98 Å². The van der Waals surface area contributed by atoms with Crippen LogP contribution in [0.5, 0.6) is 0 Å². The first kappa shape index (κ1) is 22.5. The van der Waals surface area contributed by atoms with Gasteiger partial charge in [0.15, 0.2) is 11.7 Å². The van der Waals surface area contributed by atoms with Crippen LogP contribution in [0.15, 0.2) is 136 Å². The summed E-state index contributed by atoms with van der Waals surface area (Å²) < 4.78 is 6.15. The predicted molar refractivity (Wildman–Crippen MR) is 156 cm³/mol. The fourth-order valence-electron chi connectivity index (χ4n) is 4.95. The van der Waals surface area contributed by atoms with Crippen LogP contribution in [0, 0.1) is 0 Å². The van der Waals surface area contributed by atoms with E-state index in [0.717, 1.165) is 50.3 Å². The van der Waals surface area contributed by atoms with Gasteiger partial charge in [-0.1, -0.05) is 115 Å². The first-order chi connectivity index (χ1) is 18.7. The number of nitrogens with one attached hydrogen (secondary N) is 1. The van der Waals surface area contributed by atoms with Gasteiger partial charge in [0.2, 0.25) is 0 Å². The van der Waals surface area contributed by atoms with E-state index in [1.165, 1.54) is 5.56 Å². The summed E-state index contributed by atoms with van der Waals surface area (Å²) in [5.74, 6) is 1.49. The molecule has 182 valence electrons. The highest BCUT2D eigenvalue weighted by Crippen LogP contribution is 2.37. The molecule has 6 aromatic rings. The average Bonchev–Trinajstić information content (AvgIpc) is 3.39. The van der Waals surface area contributed by atoms with E-state index >= 15 is 0 Å². The predicted octanol–water partition coefficient (Wildman–Crippen LogP) is 8.40. The molecular formula is C33H22ClN3O. The standard InChI is InChI=1S/C33H22ClN3O/c34-27-20-19-26(29-25-13-7-8-14-28(25)38-30(27)29)33-36-31(23-11-5-2-6-12-23)35-32(37-33)24-17-15-22(16-18-24)21-9-3-1-4-10-21/h1-20,31H,(H,35,36,37). The molecule has 2 heterocycles. The van der Waals surface area contributed by atoms with E-state index in [9.17, 15) is 0 Å². The van der Waals surface area contributed by atoms with E-state index in [2.05, 4.69) is 72.0 Å². The number of aliphatic imine (C=N–C) groups is 2. The highest BCUT2D eigenvalue weighted by molar-refractivity contribution is 6.37. The second kappa shape index (κ2) is 9.33. The quantitative estimate of drug-likeness (QED) is 0.258. The fourth-order valence-corrected chi connectivity index (χ4v) is 5.15. The Labute approximate surface area is 224 Å². The lowest BCUT2D eigenvalue weighted by atomic mass is 10.0. The van der Waals surface area contributed by atoms with Crippen LogP contribution >= 0.6 is 11.6 Å². The van der Waals surface area contributed by atoms with Gasteiger partial charge in [0, 0.05) is 21.9 Å². The van der Waals surface area contributed by atoms with Crippen LogP contribution in [0.25, 0.3) is 33.1 Å². The molecule has 1 aromatic heterocycles. The number of furan rings is 1. The molecule has 1 aliphatic rings. The van der Waals surface area contributed by atoms with Crippen molar-refractivity contribution in [2.75, 3.05) is 0 Å². The minimum absolute atomic E-state index is 0.389. The molecule has 1 aliphatic heterocycles.